The van der Waals surface area contributed by atoms with Gasteiger partial charge in [-0.05, 0) is 30.1 Å². The monoisotopic (exact) mass is 300 g/mol. The van der Waals surface area contributed by atoms with Gasteiger partial charge >= 0.3 is 5.97 Å². The summed E-state index contributed by atoms with van der Waals surface area (Å²) in [6.07, 6.45) is 2.69. The Balaban J connectivity index is 3.95. The fraction of sp³-hybridized carbons (Fsp3) is 0.875. The molecule has 0 aromatic heterocycles. The van der Waals surface area contributed by atoms with Gasteiger partial charge in [0.15, 0.2) is 0 Å². The smallest absolute Gasteiger partial charge is 0.303 e. The van der Waals surface area contributed by atoms with Gasteiger partial charge in [-0.3, -0.25) is 9.59 Å². The van der Waals surface area contributed by atoms with Crippen molar-refractivity contribution >= 4 is 11.9 Å². The predicted molar refractivity (Wildman–Crippen MR) is 84.9 cm³/mol. The van der Waals surface area contributed by atoms with E-state index in [1.165, 1.54) is 0 Å². The van der Waals surface area contributed by atoms with Gasteiger partial charge in [-0.2, -0.15) is 0 Å². The topological polar surface area (TPSA) is 92.4 Å². The molecule has 0 bridgehead atoms. The fourth-order valence-corrected chi connectivity index (χ4v) is 2.28. The molecule has 5 nitrogen and oxygen atoms in total. The molecule has 0 aliphatic carbocycles. The van der Waals surface area contributed by atoms with Crippen molar-refractivity contribution in [2.45, 2.75) is 72.8 Å². The average molecular weight is 300 g/mol. The number of carboxylic acid groups (broad SMARTS) is 1. The summed E-state index contributed by atoms with van der Waals surface area (Å²) in [6.45, 7) is 10.9. The molecule has 0 rings (SSSR count). The number of carbonyl (C=O) groups excluding carboxylic acids is 1. The molecular formula is C16H32N2O3. The minimum atomic E-state index is -0.778. The number of hydrogen-bond donors (Lipinski definition) is 3. The Morgan fingerprint density at radius 3 is 2.19 bits per heavy atom. The maximum atomic E-state index is 11.8. The highest BCUT2D eigenvalue weighted by Crippen LogP contribution is 2.26. The maximum absolute atomic E-state index is 11.8. The molecule has 5 heteroatoms. The van der Waals surface area contributed by atoms with Crippen molar-refractivity contribution in [2.75, 3.05) is 6.54 Å². The van der Waals surface area contributed by atoms with Gasteiger partial charge in [-0.15, -0.1) is 0 Å². The molecule has 1 unspecified atom stereocenters. The van der Waals surface area contributed by atoms with E-state index in [1.807, 2.05) is 13.8 Å². The minimum absolute atomic E-state index is 0.0271. The van der Waals surface area contributed by atoms with Crippen molar-refractivity contribution in [3.05, 3.63) is 0 Å². The number of rotatable bonds is 9. The molecule has 0 aromatic rings. The molecule has 0 spiro atoms. The van der Waals surface area contributed by atoms with Crippen LogP contribution in [0.1, 0.15) is 66.7 Å². The largest absolute Gasteiger partial charge is 0.481 e. The first-order chi connectivity index (χ1) is 9.41. The molecule has 4 N–H and O–H groups in total. The SMILES string of the molecule is CC(C)(C)CC(N)CC(=O)NCCC(C)(C)CCC(=O)O. The third-order valence-electron chi connectivity index (χ3n) is 3.46. The van der Waals surface area contributed by atoms with Crippen molar-refractivity contribution in [1.82, 2.24) is 5.32 Å². The first-order valence-electron chi connectivity index (χ1n) is 7.65. The van der Waals surface area contributed by atoms with Gasteiger partial charge in [0, 0.05) is 25.4 Å². The number of amides is 1. The van der Waals surface area contributed by atoms with Crippen LogP contribution in [0.5, 0.6) is 0 Å². The third-order valence-corrected chi connectivity index (χ3v) is 3.46. The summed E-state index contributed by atoms with van der Waals surface area (Å²) in [7, 11) is 0. The number of nitrogens with two attached hydrogens (primary N) is 1. The predicted octanol–water partition coefficient (Wildman–Crippen LogP) is 2.54. The summed E-state index contributed by atoms with van der Waals surface area (Å²) in [6, 6.07) is -0.120. The van der Waals surface area contributed by atoms with E-state index >= 15 is 0 Å². The van der Waals surface area contributed by atoms with Crippen LogP contribution in [-0.2, 0) is 9.59 Å². The van der Waals surface area contributed by atoms with Crippen LogP contribution >= 0.6 is 0 Å². The summed E-state index contributed by atoms with van der Waals surface area (Å²) in [5.74, 6) is -0.805. The van der Waals surface area contributed by atoms with Crippen molar-refractivity contribution in [1.29, 1.82) is 0 Å². The van der Waals surface area contributed by atoms with Gasteiger partial charge < -0.3 is 16.2 Å². The summed E-state index contributed by atoms with van der Waals surface area (Å²) >= 11 is 0. The molecule has 1 atom stereocenters. The third kappa shape index (κ3) is 12.4. The van der Waals surface area contributed by atoms with Crippen LogP contribution in [0.3, 0.4) is 0 Å². The maximum Gasteiger partial charge on any atom is 0.303 e. The van der Waals surface area contributed by atoms with E-state index < -0.39 is 5.97 Å². The molecule has 0 aliphatic rings. The van der Waals surface area contributed by atoms with Crippen molar-refractivity contribution < 1.29 is 14.7 Å². The van der Waals surface area contributed by atoms with E-state index in [9.17, 15) is 9.59 Å². The van der Waals surface area contributed by atoms with E-state index in [1.54, 1.807) is 0 Å². The Labute approximate surface area is 128 Å². The molecule has 21 heavy (non-hydrogen) atoms. The zero-order chi connectivity index (χ0) is 16.7. The molecular weight excluding hydrogens is 268 g/mol. The van der Waals surface area contributed by atoms with E-state index in [2.05, 4.69) is 26.1 Å². The van der Waals surface area contributed by atoms with Gasteiger partial charge in [-0.25, -0.2) is 0 Å². The van der Waals surface area contributed by atoms with Gasteiger partial charge in [-0.1, -0.05) is 34.6 Å². The molecule has 124 valence electrons. The molecule has 0 saturated heterocycles. The first kappa shape index (κ1) is 19.9. The molecule has 0 aromatic carbocycles. The van der Waals surface area contributed by atoms with Gasteiger partial charge in [0.05, 0.1) is 0 Å². The molecule has 0 radical (unpaired) electrons. The Kier molecular flexibility index (Phi) is 7.93. The van der Waals surface area contributed by atoms with Crippen LogP contribution in [0.4, 0.5) is 0 Å². The standard InChI is InChI=1S/C16H32N2O3/c1-15(2,3)11-12(17)10-13(19)18-9-8-16(4,5)7-6-14(20)21/h12H,6-11,17H2,1-5H3,(H,18,19)(H,20,21). The van der Waals surface area contributed by atoms with Crippen LogP contribution < -0.4 is 11.1 Å². The Bertz CT molecular complexity index is 346. The first-order valence-corrected chi connectivity index (χ1v) is 7.65. The molecule has 0 heterocycles. The van der Waals surface area contributed by atoms with E-state index in [0.717, 1.165) is 12.8 Å². The highest BCUT2D eigenvalue weighted by atomic mass is 16.4. The summed E-state index contributed by atoms with van der Waals surface area (Å²) in [5.41, 5.74) is 6.01. The lowest BCUT2D eigenvalue weighted by molar-refractivity contribution is -0.137. The van der Waals surface area contributed by atoms with Gasteiger partial charge in [0.2, 0.25) is 5.91 Å². The number of carbonyl (C=O) groups is 2. The van der Waals surface area contributed by atoms with E-state index in [4.69, 9.17) is 10.8 Å². The van der Waals surface area contributed by atoms with Crippen LogP contribution in [0, 0.1) is 10.8 Å². The number of hydrogen-bond acceptors (Lipinski definition) is 3. The zero-order valence-electron chi connectivity index (χ0n) is 14.2. The lowest BCUT2D eigenvalue weighted by Crippen LogP contribution is -2.35. The van der Waals surface area contributed by atoms with Crippen molar-refractivity contribution in [3.63, 3.8) is 0 Å². The Morgan fingerprint density at radius 1 is 1.14 bits per heavy atom. The molecule has 1 amide bonds. The van der Waals surface area contributed by atoms with Gasteiger partial charge in [0.1, 0.15) is 0 Å². The molecule has 0 saturated carbocycles. The zero-order valence-corrected chi connectivity index (χ0v) is 14.2. The number of aliphatic carboxylic acids is 1. The normalized spacial score (nSPS) is 13.8. The Hall–Kier alpha value is -1.10. The van der Waals surface area contributed by atoms with Crippen LogP contribution in [-0.4, -0.2) is 29.6 Å². The summed E-state index contributed by atoms with van der Waals surface area (Å²) < 4.78 is 0. The van der Waals surface area contributed by atoms with Crippen LogP contribution in [0.15, 0.2) is 0 Å². The second-order valence-corrected chi connectivity index (χ2v) is 7.89. The quantitative estimate of drug-likeness (QED) is 0.610. The Morgan fingerprint density at radius 2 is 1.71 bits per heavy atom. The summed E-state index contributed by atoms with van der Waals surface area (Å²) in [4.78, 5) is 22.4. The average Bonchev–Trinajstić information content (AvgIpc) is 2.23. The van der Waals surface area contributed by atoms with Gasteiger partial charge in [0.25, 0.3) is 0 Å². The minimum Gasteiger partial charge on any atom is -0.481 e. The molecule has 0 fully saturated rings. The van der Waals surface area contributed by atoms with Crippen molar-refractivity contribution in [2.24, 2.45) is 16.6 Å². The van der Waals surface area contributed by atoms with E-state index in [-0.39, 0.29) is 29.2 Å². The van der Waals surface area contributed by atoms with E-state index in [0.29, 0.717) is 19.4 Å². The number of carboxylic acids is 1. The highest BCUT2D eigenvalue weighted by Gasteiger charge is 2.20. The van der Waals surface area contributed by atoms with Crippen LogP contribution in [0.25, 0.3) is 0 Å². The second-order valence-electron chi connectivity index (χ2n) is 7.89. The number of nitrogens with one attached hydrogen (secondary N) is 1. The fourth-order valence-electron chi connectivity index (χ4n) is 2.28. The lowest BCUT2D eigenvalue weighted by Gasteiger charge is -2.25. The second kappa shape index (κ2) is 8.37. The van der Waals surface area contributed by atoms with Crippen LogP contribution in [0.2, 0.25) is 0 Å². The highest BCUT2D eigenvalue weighted by molar-refractivity contribution is 5.76. The molecule has 0 aliphatic heterocycles. The summed E-state index contributed by atoms with van der Waals surface area (Å²) in [5, 5.41) is 11.6. The van der Waals surface area contributed by atoms with Crippen molar-refractivity contribution in [3.8, 4) is 0 Å². The lowest BCUT2D eigenvalue weighted by atomic mass is 9.84.